The van der Waals surface area contributed by atoms with Gasteiger partial charge >= 0.3 is 0 Å². The number of hydrogen-bond donors (Lipinski definition) is 2. The van der Waals surface area contributed by atoms with Crippen molar-refractivity contribution in [3.8, 4) is 21.7 Å². The Morgan fingerprint density at radius 2 is 1.71 bits per heavy atom. The van der Waals surface area contributed by atoms with E-state index in [0.29, 0.717) is 15.6 Å². The predicted molar refractivity (Wildman–Crippen MR) is 141 cm³/mol. The van der Waals surface area contributed by atoms with Gasteiger partial charge in [0.15, 0.2) is 16.8 Å². The molecule has 1 atom stereocenters. The summed E-state index contributed by atoms with van der Waals surface area (Å²) >= 11 is -1.08. The maximum atomic E-state index is 15.8. The summed E-state index contributed by atoms with van der Waals surface area (Å²) in [5.41, 5.74) is -0.0300. The Balaban J connectivity index is 1.52. The summed E-state index contributed by atoms with van der Waals surface area (Å²) in [7, 11) is 2.06. The predicted octanol–water partition coefficient (Wildman–Crippen LogP) is 6.07. The average Bonchev–Trinajstić information content (AvgIpc) is 3.32. The fourth-order valence-corrected chi connectivity index (χ4v) is 6.19. The van der Waals surface area contributed by atoms with Crippen LogP contribution in [0.1, 0.15) is 12.8 Å². The highest BCUT2D eigenvalue weighted by Crippen LogP contribution is 2.42. The minimum Gasteiger partial charge on any atom is -0.588 e. The van der Waals surface area contributed by atoms with Crippen molar-refractivity contribution < 1.29 is 22.1 Å². The molecule has 1 fully saturated rings. The van der Waals surface area contributed by atoms with Gasteiger partial charge in [-0.05, 0) is 74.9 Å². The highest BCUT2D eigenvalue weighted by Gasteiger charge is 2.27. The number of pyridine rings is 1. The number of benzene rings is 2. The molecule has 0 bridgehead atoms. The fraction of sp³-hybridized carbons (Fsp3) is 0.231. The van der Waals surface area contributed by atoms with Gasteiger partial charge in [-0.1, -0.05) is 11.3 Å². The summed E-state index contributed by atoms with van der Waals surface area (Å²) in [6, 6.07) is 8.13. The Morgan fingerprint density at radius 1 is 1.00 bits per heavy atom. The molecule has 1 unspecified atom stereocenters. The minimum atomic E-state index is -2.35. The van der Waals surface area contributed by atoms with E-state index in [0.717, 1.165) is 56.3 Å². The molecule has 38 heavy (non-hydrogen) atoms. The van der Waals surface area contributed by atoms with Crippen LogP contribution in [-0.4, -0.2) is 45.6 Å². The third-order valence-corrected chi connectivity index (χ3v) is 8.39. The van der Waals surface area contributed by atoms with Crippen molar-refractivity contribution in [1.29, 1.82) is 0 Å². The van der Waals surface area contributed by atoms with Gasteiger partial charge < -0.3 is 14.8 Å². The van der Waals surface area contributed by atoms with Gasteiger partial charge in [0.05, 0.1) is 16.1 Å². The number of anilines is 2. The van der Waals surface area contributed by atoms with Crippen molar-refractivity contribution in [3.63, 3.8) is 0 Å². The summed E-state index contributed by atoms with van der Waals surface area (Å²) in [6.07, 6.45) is 4.95. The molecule has 198 valence electrons. The smallest absolute Gasteiger partial charge is 0.218 e. The van der Waals surface area contributed by atoms with Crippen LogP contribution >= 0.6 is 11.3 Å². The molecule has 6 nitrogen and oxygen atoms in total. The van der Waals surface area contributed by atoms with Crippen molar-refractivity contribution in [2.45, 2.75) is 23.8 Å². The largest absolute Gasteiger partial charge is 0.588 e. The summed E-state index contributed by atoms with van der Waals surface area (Å²) in [5.74, 6) is -3.65. The lowest BCUT2D eigenvalue weighted by molar-refractivity contribution is 0.264. The van der Waals surface area contributed by atoms with E-state index in [1.807, 2.05) is 0 Å². The molecule has 0 amide bonds. The maximum absolute atomic E-state index is 15.8. The first-order valence-electron chi connectivity index (χ1n) is 11.8. The quantitative estimate of drug-likeness (QED) is 0.211. The van der Waals surface area contributed by atoms with Crippen LogP contribution in [0.3, 0.4) is 0 Å². The first-order valence-corrected chi connectivity index (χ1v) is 13.7. The van der Waals surface area contributed by atoms with Gasteiger partial charge in [-0.3, -0.25) is 4.98 Å². The standard InChI is InChI=1S/C26H23F4N5OS2/c1-35-12-8-17(9-13-35)32-26-33-24(25(37-26)15-6-10-31-11-7-15)22-19(29)4-5-20(23(22)30)34-38(36)21-14-16(27)2-3-18(21)28/h2-7,10-11,14,17,34H,8-9,12-13H2,1H3,(H,32,33). The summed E-state index contributed by atoms with van der Waals surface area (Å²) < 4.78 is 73.7. The van der Waals surface area contributed by atoms with E-state index in [1.165, 1.54) is 11.3 Å². The SMILES string of the molecule is CN1CCC(Nc2nc(-c3c(F)ccc(N[S+]([O-])c4cc(F)ccc4F)c3F)c(-c3ccncc3)s2)CC1. The van der Waals surface area contributed by atoms with E-state index in [-0.39, 0.29) is 17.4 Å². The molecule has 1 aliphatic rings. The Kier molecular flexibility index (Phi) is 7.84. The van der Waals surface area contributed by atoms with Gasteiger partial charge in [-0.25, -0.2) is 27.3 Å². The average molecular weight is 562 g/mol. The van der Waals surface area contributed by atoms with Crippen LogP contribution in [0.25, 0.3) is 21.7 Å². The molecule has 3 heterocycles. The van der Waals surface area contributed by atoms with Crippen LogP contribution in [0.2, 0.25) is 0 Å². The van der Waals surface area contributed by atoms with Crippen LogP contribution in [0.15, 0.2) is 59.8 Å². The van der Waals surface area contributed by atoms with Crippen LogP contribution < -0.4 is 10.0 Å². The van der Waals surface area contributed by atoms with E-state index in [1.54, 1.807) is 24.5 Å². The molecule has 2 N–H and O–H groups in total. The third-order valence-electron chi connectivity index (χ3n) is 6.24. The number of likely N-dealkylation sites (tertiary alicyclic amines) is 1. The molecule has 0 radical (unpaired) electrons. The second kappa shape index (κ2) is 11.3. The first kappa shape index (κ1) is 26.4. The molecule has 0 aliphatic carbocycles. The molecule has 5 rings (SSSR count). The van der Waals surface area contributed by atoms with Gasteiger partial charge in [0.2, 0.25) is 4.90 Å². The number of nitrogens with zero attached hydrogens (tertiary/aromatic N) is 3. The van der Waals surface area contributed by atoms with Crippen molar-refractivity contribution in [2.75, 3.05) is 30.2 Å². The maximum Gasteiger partial charge on any atom is 0.218 e. The van der Waals surface area contributed by atoms with E-state index >= 15 is 8.78 Å². The molecule has 0 spiro atoms. The lowest BCUT2D eigenvalue weighted by atomic mass is 10.1. The van der Waals surface area contributed by atoms with Crippen molar-refractivity contribution in [2.24, 2.45) is 0 Å². The van der Waals surface area contributed by atoms with E-state index in [9.17, 15) is 13.3 Å². The number of rotatable bonds is 7. The summed E-state index contributed by atoms with van der Waals surface area (Å²) in [5, 5.41) is 3.92. The monoisotopic (exact) mass is 561 g/mol. The molecule has 2 aromatic carbocycles. The molecule has 4 aromatic rings. The number of hydrogen-bond acceptors (Lipinski definition) is 7. The highest BCUT2D eigenvalue weighted by atomic mass is 32.2. The van der Waals surface area contributed by atoms with Crippen molar-refractivity contribution in [3.05, 3.63) is 78.1 Å². The normalized spacial score (nSPS) is 15.4. The van der Waals surface area contributed by atoms with Gasteiger partial charge in [0, 0.05) is 24.5 Å². The molecule has 2 aromatic heterocycles. The molecular formula is C26H23F4N5OS2. The van der Waals surface area contributed by atoms with Crippen LogP contribution in [-0.2, 0) is 11.4 Å². The number of thiazole rings is 1. The third kappa shape index (κ3) is 5.63. The number of piperidine rings is 1. The second-order valence-electron chi connectivity index (χ2n) is 8.88. The van der Waals surface area contributed by atoms with Crippen LogP contribution in [0.5, 0.6) is 0 Å². The fourth-order valence-electron chi connectivity index (χ4n) is 4.20. The second-order valence-corrected chi connectivity index (χ2v) is 11.1. The Bertz CT molecular complexity index is 1430. The molecule has 0 saturated carbocycles. The van der Waals surface area contributed by atoms with E-state index < -0.39 is 45.1 Å². The lowest BCUT2D eigenvalue weighted by Gasteiger charge is -2.29. The van der Waals surface area contributed by atoms with Gasteiger partial charge in [-0.15, -0.1) is 0 Å². The van der Waals surface area contributed by atoms with Crippen molar-refractivity contribution >= 4 is 33.5 Å². The van der Waals surface area contributed by atoms with E-state index in [2.05, 4.69) is 32.0 Å². The topological polar surface area (TPSA) is 76.1 Å². The van der Waals surface area contributed by atoms with Crippen LogP contribution in [0.4, 0.5) is 28.4 Å². The molecule has 12 heteroatoms. The van der Waals surface area contributed by atoms with Crippen molar-refractivity contribution in [1.82, 2.24) is 14.9 Å². The minimum absolute atomic E-state index is 0.0676. The zero-order valence-electron chi connectivity index (χ0n) is 20.2. The highest BCUT2D eigenvalue weighted by molar-refractivity contribution is 7.92. The Morgan fingerprint density at radius 3 is 2.45 bits per heavy atom. The zero-order chi connectivity index (χ0) is 26.8. The van der Waals surface area contributed by atoms with Gasteiger partial charge in [0.1, 0.15) is 28.7 Å². The summed E-state index contributed by atoms with van der Waals surface area (Å²) in [4.78, 5) is 10.9. The molecule has 1 aliphatic heterocycles. The Labute approximate surface area is 224 Å². The molecular weight excluding hydrogens is 538 g/mol. The Hall–Kier alpha value is -3.19. The zero-order valence-corrected chi connectivity index (χ0v) is 21.8. The lowest BCUT2D eigenvalue weighted by Crippen LogP contribution is -2.36. The summed E-state index contributed by atoms with van der Waals surface area (Å²) in [6.45, 7) is 1.85. The number of halogens is 4. The first-order chi connectivity index (χ1) is 18.3. The number of aromatic nitrogens is 2. The van der Waals surface area contributed by atoms with Crippen LogP contribution in [0, 0.1) is 23.3 Å². The van der Waals surface area contributed by atoms with Gasteiger partial charge in [0.25, 0.3) is 0 Å². The molecule has 1 saturated heterocycles. The van der Waals surface area contributed by atoms with Gasteiger partial charge in [-0.2, -0.15) is 0 Å². The van der Waals surface area contributed by atoms with E-state index in [4.69, 9.17) is 0 Å². The number of nitrogens with one attached hydrogen (secondary N) is 2.